The van der Waals surface area contributed by atoms with Crippen LogP contribution < -0.4 is 0 Å². The Morgan fingerprint density at radius 2 is 2.07 bits per heavy atom. The van der Waals surface area contributed by atoms with Gasteiger partial charge in [0.2, 0.25) is 0 Å². The van der Waals surface area contributed by atoms with E-state index in [1.54, 1.807) is 10.9 Å². The van der Waals surface area contributed by atoms with Gasteiger partial charge in [0.25, 0.3) is 5.91 Å². The molecule has 1 aliphatic rings. The Hall–Kier alpha value is -2.69. The number of amides is 1. The van der Waals surface area contributed by atoms with Crippen LogP contribution in [0.3, 0.4) is 0 Å². The van der Waals surface area contributed by atoms with E-state index in [0.29, 0.717) is 5.92 Å². The van der Waals surface area contributed by atoms with Gasteiger partial charge in [0.1, 0.15) is 0 Å². The van der Waals surface area contributed by atoms with Gasteiger partial charge in [0.05, 0.1) is 23.0 Å². The third-order valence-corrected chi connectivity index (χ3v) is 5.68. The van der Waals surface area contributed by atoms with Crippen molar-refractivity contribution >= 4 is 16.8 Å². The molecule has 0 aliphatic carbocycles. The van der Waals surface area contributed by atoms with Crippen molar-refractivity contribution in [2.75, 3.05) is 13.1 Å². The number of hydrogen-bond donors (Lipinski definition) is 0. The molecule has 1 amide bonds. The van der Waals surface area contributed by atoms with Crippen LogP contribution in [0, 0.1) is 19.8 Å². The van der Waals surface area contributed by atoms with Gasteiger partial charge in [-0.1, -0.05) is 19.1 Å². The molecule has 1 atom stereocenters. The summed E-state index contributed by atoms with van der Waals surface area (Å²) in [6.45, 7) is 8.05. The third-order valence-electron chi connectivity index (χ3n) is 5.68. The highest BCUT2D eigenvalue weighted by molar-refractivity contribution is 6.08. The van der Waals surface area contributed by atoms with Gasteiger partial charge in [-0.25, -0.2) is 4.98 Å². The number of aryl methyl sites for hydroxylation is 3. The summed E-state index contributed by atoms with van der Waals surface area (Å²) in [6, 6.07) is 6.06. The molecule has 0 bridgehead atoms. The van der Waals surface area contributed by atoms with Gasteiger partial charge in [-0.05, 0) is 49.8 Å². The van der Waals surface area contributed by atoms with Crippen LogP contribution in [0.15, 0.2) is 30.6 Å². The van der Waals surface area contributed by atoms with Gasteiger partial charge in [-0.3, -0.25) is 9.48 Å². The summed E-state index contributed by atoms with van der Waals surface area (Å²) in [4.78, 5) is 20.3. The summed E-state index contributed by atoms with van der Waals surface area (Å²) < 4.78 is 1.76. The Morgan fingerprint density at radius 3 is 2.78 bits per heavy atom. The molecule has 5 nitrogen and oxygen atoms in total. The highest BCUT2D eigenvalue weighted by atomic mass is 16.2. The van der Waals surface area contributed by atoms with Crippen LogP contribution in [0.1, 0.15) is 41.3 Å². The number of aromatic nitrogens is 3. The number of benzene rings is 1. The van der Waals surface area contributed by atoms with Crippen molar-refractivity contribution in [2.45, 2.75) is 33.6 Å². The van der Waals surface area contributed by atoms with E-state index in [4.69, 9.17) is 4.98 Å². The van der Waals surface area contributed by atoms with Crippen LogP contribution in [0.4, 0.5) is 0 Å². The Labute approximate surface area is 160 Å². The van der Waals surface area contributed by atoms with Crippen LogP contribution in [0.5, 0.6) is 0 Å². The Bertz CT molecular complexity index is 1020. The molecule has 0 radical (unpaired) electrons. The van der Waals surface area contributed by atoms with E-state index < -0.39 is 0 Å². The molecule has 5 heteroatoms. The van der Waals surface area contributed by atoms with Crippen LogP contribution in [0.2, 0.25) is 0 Å². The molecule has 4 rings (SSSR count). The third kappa shape index (κ3) is 3.22. The zero-order chi connectivity index (χ0) is 19.1. The summed E-state index contributed by atoms with van der Waals surface area (Å²) in [6.07, 6.45) is 6.01. The summed E-state index contributed by atoms with van der Waals surface area (Å²) >= 11 is 0. The van der Waals surface area contributed by atoms with Crippen LogP contribution in [0.25, 0.3) is 22.2 Å². The van der Waals surface area contributed by atoms with Gasteiger partial charge in [0.15, 0.2) is 0 Å². The summed E-state index contributed by atoms with van der Waals surface area (Å²) in [7, 11) is 1.89. The summed E-state index contributed by atoms with van der Waals surface area (Å²) in [5.74, 6) is 0.667. The second-order valence-electron chi connectivity index (χ2n) is 7.86. The van der Waals surface area contributed by atoms with Crippen molar-refractivity contribution in [3.05, 3.63) is 47.3 Å². The number of nitrogens with zero attached hydrogens (tertiary/aromatic N) is 4. The van der Waals surface area contributed by atoms with E-state index in [1.807, 2.05) is 30.3 Å². The van der Waals surface area contributed by atoms with E-state index in [1.165, 1.54) is 12.0 Å². The summed E-state index contributed by atoms with van der Waals surface area (Å²) in [5, 5.41) is 5.21. The number of carbonyl (C=O) groups is 1. The summed E-state index contributed by atoms with van der Waals surface area (Å²) in [5.41, 5.74) is 5.70. The first-order chi connectivity index (χ1) is 12.9. The minimum absolute atomic E-state index is 0.113. The number of fused-ring (bicyclic) bond motifs is 1. The molecule has 0 unspecified atom stereocenters. The molecule has 3 heterocycles. The zero-order valence-electron chi connectivity index (χ0n) is 16.5. The molecular weight excluding hydrogens is 336 g/mol. The maximum atomic E-state index is 13.4. The highest BCUT2D eigenvalue weighted by Crippen LogP contribution is 2.30. The lowest BCUT2D eigenvalue weighted by Gasteiger charge is -2.31. The Morgan fingerprint density at radius 1 is 1.26 bits per heavy atom. The maximum absolute atomic E-state index is 13.4. The van der Waals surface area contributed by atoms with Crippen LogP contribution >= 0.6 is 0 Å². The number of carbonyl (C=O) groups excluding carboxylic acids is 1. The molecule has 2 aromatic heterocycles. The number of piperidine rings is 1. The standard InChI is InChI=1S/C22H26N4O/c1-14-6-5-9-26(12-14)22(27)19-10-20(17-11-23-25(4)13-17)24-21-16(3)15(2)7-8-18(19)21/h7-8,10-11,13-14H,5-6,9,12H2,1-4H3/t14-/m1/s1. The van der Waals surface area contributed by atoms with E-state index >= 15 is 0 Å². The SMILES string of the molecule is Cc1ccc2c(C(=O)N3CCC[C@@H](C)C3)cc(-c3cnn(C)c3)nc2c1C. The molecule has 0 N–H and O–H groups in total. The molecule has 27 heavy (non-hydrogen) atoms. The molecule has 1 aromatic carbocycles. The van der Waals surface area contributed by atoms with E-state index in [9.17, 15) is 4.79 Å². The number of hydrogen-bond acceptors (Lipinski definition) is 3. The number of rotatable bonds is 2. The van der Waals surface area contributed by atoms with Gasteiger partial charge in [-0.2, -0.15) is 5.10 Å². The highest BCUT2D eigenvalue weighted by Gasteiger charge is 2.25. The molecule has 140 valence electrons. The first-order valence-corrected chi connectivity index (χ1v) is 9.63. The van der Waals surface area contributed by atoms with Crippen molar-refractivity contribution in [1.82, 2.24) is 19.7 Å². The molecule has 1 fully saturated rings. The molecule has 3 aromatic rings. The monoisotopic (exact) mass is 362 g/mol. The molecule has 0 saturated carbocycles. The van der Waals surface area contributed by atoms with Crippen molar-refractivity contribution in [3.63, 3.8) is 0 Å². The zero-order valence-corrected chi connectivity index (χ0v) is 16.5. The topological polar surface area (TPSA) is 51.0 Å². The lowest BCUT2D eigenvalue weighted by atomic mass is 9.96. The fourth-order valence-corrected chi connectivity index (χ4v) is 3.95. The van der Waals surface area contributed by atoms with Crippen molar-refractivity contribution in [3.8, 4) is 11.3 Å². The van der Waals surface area contributed by atoms with Crippen LogP contribution in [-0.2, 0) is 7.05 Å². The average Bonchev–Trinajstić information content (AvgIpc) is 3.10. The Balaban J connectivity index is 1.89. The lowest BCUT2D eigenvalue weighted by molar-refractivity contribution is 0.0685. The van der Waals surface area contributed by atoms with Crippen LogP contribution in [-0.4, -0.2) is 38.7 Å². The van der Waals surface area contributed by atoms with Gasteiger partial charge >= 0.3 is 0 Å². The second-order valence-corrected chi connectivity index (χ2v) is 7.86. The number of likely N-dealkylation sites (tertiary alicyclic amines) is 1. The van der Waals surface area contributed by atoms with Gasteiger partial charge < -0.3 is 4.90 Å². The quantitative estimate of drug-likeness (QED) is 0.689. The van der Waals surface area contributed by atoms with Gasteiger partial charge in [-0.15, -0.1) is 0 Å². The molecule has 1 saturated heterocycles. The minimum atomic E-state index is 0.113. The fraction of sp³-hybridized carbons (Fsp3) is 0.409. The normalized spacial score (nSPS) is 17.5. The Kier molecular flexibility index (Phi) is 4.46. The lowest BCUT2D eigenvalue weighted by Crippen LogP contribution is -2.39. The van der Waals surface area contributed by atoms with E-state index in [0.717, 1.165) is 52.8 Å². The van der Waals surface area contributed by atoms with Crippen molar-refractivity contribution in [2.24, 2.45) is 13.0 Å². The second kappa shape index (κ2) is 6.80. The fourth-order valence-electron chi connectivity index (χ4n) is 3.95. The minimum Gasteiger partial charge on any atom is -0.338 e. The predicted octanol–water partition coefficient (Wildman–Crippen LogP) is 4.12. The van der Waals surface area contributed by atoms with E-state index in [-0.39, 0.29) is 5.91 Å². The molecular formula is C22H26N4O. The van der Waals surface area contributed by atoms with E-state index in [2.05, 4.69) is 31.9 Å². The largest absolute Gasteiger partial charge is 0.338 e. The average molecular weight is 362 g/mol. The molecule has 0 spiro atoms. The number of pyridine rings is 1. The maximum Gasteiger partial charge on any atom is 0.254 e. The first-order valence-electron chi connectivity index (χ1n) is 9.63. The molecule has 1 aliphatic heterocycles. The first kappa shape index (κ1) is 17.7. The van der Waals surface area contributed by atoms with Crippen molar-refractivity contribution < 1.29 is 4.79 Å². The van der Waals surface area contributed by atoms with Gasteiger partial charge in [0, 0.05) is 37.3 Å². The van der Waals surface area contributed by atoms with Crippen molar-refractivity contribution in [1.29, 1.82) is 0 Å². The smallest absolute Gasteiger partial charge is 0.254 e. The predicted molar refractivity (Wildman–Crippen MR) is 108 cm³/mol.